The van der Waals surface area contributed by atoms with E-state index in [1.54, 1.807) is 7.05 Å². The summed E-state index contributed by atoms with van der Waals surface area (Å²) in [6, 6.07) is 0. The van der Waals surface area contributed by atoms with Gasteiger partial charge in [0, 0.05) is 26.7 Å². The molecule has 120 valence electrons. The number of aliphatic hydroxyl groups is 1. The molecule has 3 rings (SSSR count). The van der Waals surface area contributed by atoms with Gasteiger partial charge in [-0.25, -0.2) is 9.97 Å². The second-order valence-corrected chi connectivity index (χ2v) is 6.56. The number of aliphatic hydroxyl groups excluding tert-OH is 1. The molecule has 0 bridgehead atoms. The van der Waals surface area contributed by atoms with E-state index in [0.29, 0.717) is 18.4 Å². The van der Waals surface area contributed by atoms with Crippen LogP contribution in [0.4, 0.5) is 5.95 Å². The molecule has 0 radical (unpaired) electrons. The third-order valence-electron chi connectivity index (χ3n) is 4.30. The third-order valence-corrected chi connectivity index (χ3v) is 4.57. The lowest BCUT2D eigenvalue weighted by Gasteiger charge is -2.22. The van der Waals surface area contributed by atoms with Crippen molar-refractivity contribution in [3.8, 4) is 0 Å². The minimum absolute atomic E-state index is 0.212. The van der Waals surface area contributed by atoms with Crippen LogP contribution in [0, 0.1) is 5.92 Å². The van der Waals surface area contributed by atoms with Gasteiger partial charge < -0.3 is 14.9 Å². The van der Waals surface area contributed by atoms with Gasteiger partial charge in [0.1, 0.15) is 0 Å². The maximum atomic E-state index is 12.5. The number of amides is 1. The summed E-state index contributed by atoms with van der Waals surface area (Å²) in [4.78, 5) is 24.7. The Hall–Kier alpha value is -1.40. The first-order chi connectivity index (χ1) is 10.6. The van der Waals surface area contributed by atoms with Crippen molar-refractivity contribution in [3.63, 3.8) is 0 Å². The molecule has 1 saturated heterocycles. The van der Waals surface area contributed by atoms with Crippen molar-refractivity contribution in [2.24, 2.45) is 5.92 Å². The molecule has 1 N–H and O–H groups in total. The maximum Gasteiger partial charge on any atom is 0.274 e. The Labute approximate surface area is 135 Å². The molecule has 1 aliphatic carbocycles. The summed E-state index contributed by atoms with van der Waals surface area (Å²) in [5.41, 5.74) is 0.212. The summed E-state index contributed by atoms with van der Waals surface area (Å²) in [5, 5.41) is 10.2. The molecule has 1 amide bonds. The molecule has 0 aromatic carbocycles. The highest BCUT2D eigenvalue weighted by molar-refractivity contribution is 6.33. The fraction of sp³-hybridized carbons (Fsp3) is 0.667. The molecular weight excluding hydrogens is 304 g/mol. The Morgan fingerprint density at radius 1 is 1.50 bits per heavy atom. The molecule has 1 unspecified atom stereocenters. The van der Waals surface area contributed by atoms with Crippen molar-refractivity contribution in [1.82, 2.24) is 14.9 Å². The van der Waals surface area contributed by atoms with E-state index >= 15 is 0 Å². The fourth-order valence-corrected chi connectivity index (χ4v) is 2.92. The number of aromatic nitrogens is 2. The number of anilines is 1. The highest BCUT2D eigenvalue weighted by atomic mass is 35.5. The number of likely N-dealkylation sites (N-methyl/N-ethyl adjacent to an activating group) is 1. The third kappa shape index (κ3) is 3.33. The minimum Gasteiger partial charge on any atom is -0.391 e. The maximum absolute atomic E-state index is 12.5. The van der Waals surface area contributed by atoms with Gasteiger partial charge in [0.15, 0.2) is 5.69 Å². The largest absolute Gasteiger partial charge is 0.391 e. The quantitative estimate of drug-likeness (QED) is 0.890. The molecule has 7 heteroatoms. The first kappa shape index (κ1) is 15.5. The SMILES string of the molecule is CN(CC(O)C1CC1)C(=O)c1nc(N2CCCC2)ncc1Cl. The highest BCUT2D eigenvalue weighted by Gasteiger charge is 2.32. The average molecular weight is 325 g/mol. The summed E-state index contributed by atoms with van der Waals surface area (Å²) < 4.78 is 0. The van der Waals surface area contributed by atoms with Crippen molar-refractivity contribution < 1.29 is 9.90 Å². The fourth-order valence-electron chi connectivity index (χ4n) is 2.75. The monoisotopic (exact) mass is 324 g/mol. The van der Waals surface area contributed by atoms with Crippen LogP contribution in [0.2, 0.25) is 5.02 Å². The smallest absolute Gasteiger partial charge is 0.274 e. The van der Waals surface area contributed by atoms with E-state index in [9.17, 15) is 9.90 Å². The Morgan fingerprint density at radius 2 is 2.18 bits per heavy atom. The lowest BCUT2D eigenvalue weighted by molar-refractivity contribution is 0.0640. The van der Waals surface area contributed by atoms with Crippen LogP contribution >= 0.6 is 11.6 Å². The lowest BCUT2D eigenvalue weighted by Crippen LogP contribution is -2.36. The number of hydrogen-bond acceptors (Lipinski definition) is 5. The minimum atomic E-state index is -0.465. The first-order valence-corrected chi connectivity index (χ1v) is 8.15. The van der Waals surface area contributed by atoms with Crippen molar-refractivity contribution in [1.29, 1.82) is 0 Å². The van der Waals surface area contributed by atoms with Gasteiger partial charge in [-0.15, -0.1) is 0 Å². The Morgan fingerprint density at radius 3 is 2.82 bits per heavy atom. The zero-order chi connectivity index (χ0) is 15.7. The highest BCUT2D eigenvalue weighted by Crippen LogP contribution is 2.33. The molecule has 0 spiro atoms. The molecule has 1 aromatic heterocycles. The molecule has 1 atom stereocenters. The van der Waals surface area contributed by atoms with Gasteiger partial charge in [-0.05, 0) is 31.6 Å². The van der Waals surface area contributed by atoms with Crippen LogP contribution in [0.25, 0.3) is 0 Å². The number of hydrogen-bond donors (Lipinski definition) is 1. The predicted octanol–water partition coefficient (Wildman–Crippen LogP) is 1.57. The van der Waals surface area contributed by atoms with Crippen molar-refractivity contribution in [2.45, 2.75) is 31.8 Å². The standard InChI is InChI=1S/C15H21ClN4O2/c1-19(9-12(21)10-4-5-10)14(22)13-11(16)8-17-15(18-13)20-6-2-3-7-20/h8,10,12,21H,2-7,9H2,1H3. The molecule has 2 fully saturated rings. The van der Waals surface area contributed by atoms with Crippen LogP contribution in [0.1, 0.15) is 36.2 Å². The van der Waals surface area contributed by atoms with Gasteiger partial charge in [-0.3, -0.25) is 4.79 Å². The van der Waals surface area contributed by atoms with Gasteiger partial charge >= 0.3 is 0 Å². The van der Waals surface area contributed by atoms with Gasteiger partial charge in [0.05, 0.1) is 17.3 Å². The van der Waals surface area contributed by atoms with Crippen LogP contribution < -0.4 is 4.90 Å². The van der Waals surface area contributed by atoms with E-state index in [-0.39, 0.29) is 16.6 Å². The van der Waals surface area contributed by atoms with Gasteiger partial charge in [-0.1, -0.05) is 11.6 Å². The Bertz CT molecular complexity index is 558. The average Bonchev–Trinajstić information content (AvgIpc) is 3.22. The number of carbonyl (C=O) groups is 1. The zero-order valence-corrected chi connectivity index (χ0v) is 13.5. The van der Waals surface area contributed by atoms with E-state index in [1.807, 2.05) is 0 Å². The summed E-state index contributed by atoms with van der Waals surface area (Å²) in [6.45, 7) is 2.12. The van der Waals surface area contributed by atoms with E-state index in [2.05, 4.69) is 14.9 Å². The zero-order valence-electron chi connectivity index (χ0n) is 12.7. The molecule has 2 heterocycles. The van der Waals surface area contributed by atoms with Crippen LogP contribution in [-0.4, -0.2) is 58.7 Å². The first-order valence-electron chi connectivity index (χ1n) is 7.77. The number of nitrogens with zero attached hydrogens (tertiary/aromatic N) is 4. The summed E-state index contributed by atoms with van der Waals surface area (Å²) >= 11 is 6.10. The second-order valence-electron chi connectivity index (χ2n) is 6.15. The van der Waals surface area contributed by atoms with Crippen LogP contribution in [0.5, 0.6) is 0 Å². The van der Waals surface area contributed by atoms with Crippen molar-refractivity contribution >= 4 is 23.5 Å². The van der Waals surface area contributed by atoms with Crippen LogP contribution in [-0.2, 0) is 0 Å². The molecule has 2 aliphatic rings. The van der Waals surface area contributed by atoms with Gasteiger partial charge in [0.25, 0.3) is 5.91 Å². The van der Waals surface area contributed by atoms with E-state index < -0.39 is 6.10 Å². The van der Waals surface area contributed by atoms with Crippen LogP contribution in [0.3, 0.4) is 0 Å². The topological polar surface area (TPSA) is 69.6 Å². The molecular formula is C15H21ClN4O2. The molecule has 1 saturated carbocycles. The molecule has 6 nitrogen and oxygen atoms in total. The second kappa shape index (κ2) is 6.38. The number of rotatable bonds is 5. The molecule has 1 aromatic rings. The lowest BCUT2D eigenvalue weighted by atomic mass is 10.2. The van der Waals surface area contributed by atoms with Crippen LogP contribution in [0.15, 0.2) is 6.20 Å². The van der Waals surface area contributed by atoms with Crippen molar-refractivity contribution in [2.75, 3.05) is 31.6 Å². The van der Waals surface area contributed by atoms with E-state index in [0.717, 1.165) is 38.8 Å². The predicted molar refractivity (Wildman–Crippen MR) is 84.2 cm³/mol. The Kier molecular flexibility index (Phi) is 4.49. The number of halogens is 1. The number of carbonyl (C=O) groups excluding carboxylic acids is 1. The normalized spacial score (nSPS) is 19.3. The molecule has 22 heavy (non-hydrogen) atoms. The van der Waals surface area contributed by atoms with E-state index in [1.165, 1.54) is 11.1 Å². The summed E-state index contributed by atoms with van der Waals surface area (Å²) in [7, 11) is 1.67. The summed E-state index contributed by atoms with van der Waals surface area (Å²) in [5.74, 6) is 0.616. The van der Waals surface area contributed by atoms with Gasteiger partial charge in [-0.2, -0.15) is 0 Å². The van der Waals surface area contributed by atoms with E-state index in [4.69, 9.17) is 11.6 Å². The van der Waals surface area contributed by atoms with Gasteiger partial charge in [0.2, 0.25) is 5.95 Å². The Balaban J connectivity index is 1.73. The van der Waals surface area contributed by atoms with Crippen molar-refractivity contribution in [3.05, 3.63) is 16.9 Å². The molecule has 1 aliphatic heterocycles. The summed E-state index contributed by atoms with van der Waals surface area (Å²) in [6.07, 6.45) is 5.33.